The van der Waals surface area contributed by atoms with Gasteiger partial charge < -0.3 is 9.64 Å². The van der Waals surface area contributed by atoms with Crippen molar-refractivity contribution in [2.75, 3.05) is 21.2 Å². The third-order valence-electron chi connectivity index (χ3n) is 3.81. The zero-order valence-corrected chi connectivity index (χ0v) is 14.7. The number of carbonyl (C=O) groups is 2. The first-order valence-electron chi connectivity index (χ1n) is 7.31. The minimum absolute atomic E-state index is 0.0984. The van der Waals surface area contributed by atoms with E-state index in [0.717, 1.165) is 11.8 Å². The summed E-state index contributed by atoms with van der Waals surface area (Å²) in [5, 5.41) is 0. The topological polar surface area (TPSA) is 63.9 Å². The van der Waals surface area contributed by atoms with Crippen molar-refractivity contribution in [1.82, 2.24) is 14.3 Å². The number of para-hydroxylation sites is 1. The summed E-state index contributed by atoms with van der Waals surface area (Å²) in [5.41, 5.74) is 2.43. The van der Waals surface area contributed by atoms with Gasteiger partial charge in [-0.2, -0.15) is 0 Å². The number of aldehydes is 1. The number of amides is 1. The molecule has 1 aromatic carbocycles. The number of aromatic nitrogens is 2. The van der Waals surface area contributed by atoms with Crippen molar-refractivity contribution in [1.29, 1.82) is 0 Å². The Morgan fingerprint density at radius 3 is 2.67 bits per heavy atom. The number of methoxy groups -OCH3 is 1. The van der Waals surface area contributed by atoms with Gasteiger partial charge in [0, 0.05) is 25.4 Å². The molecule has 0 aliphatic heterocycles. The van der Waals surface area contributed by atoms with E-state index in [-0.39, 0.29) is 5.91 Å². The van der Waals surface area contributed by atoms with Crippen LogP contribution in [0.3, 0.4) is 0 Å². The first-order chi connectivity index (χ1) is 11.5. The highest BCUT2D eigenvalue weighted by molar-refractivity contribution is 7.19. The molecule has 6 nitrogen and oxygen atoms in total. The normalized spacial score (nSPS) is 10.8. The molecule has 0 unspecified atom stereocenters. The Hall–Kier alpha value is -2.67. The van der Waals surface area contributed by atoms with Gasteiger partial charge in [-0.25, -0.2) is 4.98 Å². The Morgan fingerprint density at radius 2 is 2.04 bits per heavy atom. The predicted molar refractivity (Wildman–Crippen MR) is 93.2 cm³/mol. The van der Waals surface area contributed by atoms with Gasteiger partial charge in [0.1, 0.15) is 22.0 Å². The zero-order chi connectivity index (χ0) is 17.4. The Morgan fingerprint density at radius 1 is 1.33 bits per heavy atom. The number of hydrogen-bond donors (Lipinski definition) is 0. The maximum absolute atomic E-state index is 12.3. The van der Waals surface area contributed by atoms with Crippen LogP contribution in [-0.4, -0.2) is 47.7 Å². The minimum atomic E-state index is -0.0984. The van der Waals surface area contributed by atoms with Crippen LogP contribution in [0.5, 0.6) is 5.75 Å². The van der Waals surface area contributed by atoms with Crippen LogP contribution in [0.15, 0.2) is 24.3 Å². The van der Waals surface area contributed by atoms with Crippen molar-refractivity contribution in [2.45, 2.75) is 6.92 Å². The molecule has 3 aromatic rings. The number of ether oxygens (including phenoxy) is 1. The summed E-state index contributed by atoms with van der Waals surface area (Å²) in [6.07, 6.45) is 0.769. The average Bonchev–Trinajstić information content (AvgIpc) is 3.10. The fourth-order valence-corrected chi connectivity index (χ4v) is 3.77. The smallest absolute Gasteiger partial charge is 0.265 e. The molecule has 24 heavy (non-hydrogen) atoms. The molecule has 0 atom stereocenters. The van der Waals surface area contributed by atoms with Crippen molar-refractivity contribution in [2.24, 2.45) is 0 Å². The van der Waals surface area contributed by atoms with Crippen LogP contribution >= 0.6 is 11.3 Å². The molecule has 0 saturated carbocycles. The molecule has 7 heteroatoms. The van der Waals surface area contributed by atoms with Gasteiger partial charge >= 0.3 is 0 Å². The van der Waals surface area contributed by atoms with Crippen LogP contribution in [0, 0.1) is 6.92 Å². The minimum Gasteiger partial charge on any atom is -0.496 e. The van der Waals surface area contributed by atoms with E-state index in [0.29, 0.717) is 32.7 Å². The van der Waals surface area contributed by atoms with Crippen LogP contribution in [0.1, 0.15) is 25.9 Å². The quantitative estimate of drug-likeness (QED) is 0.683. The average molecular weight is 343 g/mol. The van der Waals surface area contributed by atoms with E-state index >= 15 is 0 Å². The van der Waals surface area contributed by atoms with Crippen molar-refractivity contribution < 1.29 is 14.3 Å². The van der Waals surface area contributed by atoms with E-state index in [1.807, 2.05) is 31.2 Å². The van der Waals surface area contributed by atoms with Gasteiger partial charge in [0.05, 0.1) is 7.11 Å². The van der Waals surface area contributed by atoms with Crippen molar-refractivity contribution in [3.8, 4) is 17.0 Å². The summed E-state index contributed by atoms with van der Waals surface area (Å²) in [5.74, 6) is 0.548. The lowest BCUT2D eigenvalue weighted by Crippen LogP contribution is -2.21. The third-order valence-corrected chi connectivity index (χ3v) is 4.94. The van der Waals surface area contributed by atoms with E-state index in [1.165, 1.54) is 16.2 Å². The van der Waals surface area contributed by atoms with E-state index in [4.69, 9.17) is 4.74 Å². The third kappa shape index (κ3) is 2.37. The summed E-state index contributed by atoms with van der Waals surface area (Å²) in [7, 11) is 4.98. The van der Waals surface area contributed by atoms with Gasteiger partial charge in [0.15, 0.2) is 11.2 Å². The van der Waals surface area contributed by atoms with Crippen LogP contribution in [0.4, 0.5) is 0 Å². The summed E-state index contributed by atoms with van der Waals surface area (Å²) in [4.78, 5) is 31.3. The molecule has 0 bridgehead atoms. The fraction of sp³-hybridized carbons (Fsp3) is 0.235. The lowest BCUT2D eigenvalue weighted by atomic mass is 10.1. The van der Waals surface area contributed by atoms with Gasteiger partial charge in [-0.15, -0.1) is 0 Å². The second-order valence-electron chi connectivity index (χ2n) is 5.50. The summed E-state index contributed by atoms with van der Waals surface area (Å²) in [6.45, 7) is 1.82. The van der Waals surface area contributed by atoms with Crippen LogP contribution in [-0.2, 0) is 0 Å². The standard InChI is InChI=1S/C17H17N3O3S/c1-10-15(16(22)19(2)3)24-17-18-14(12(9-21)20(10)17)11-7-5-6-8-13(11)23-4/h5-9H,1-4H3. The number of aryl methyl sites for hydroxylation is 1. The molecule has 0 N–H and O–H groups in total. The van der Waals surface area contributed by atoms with Gasteiger partial charge in [0.2, 0.25) is 0 Å². The fourth-order valence-electron chi connectivity index (χ4n) is 2.62. The first-order valence-corrected chi connectivity index (χ1v) is 8.13. The molecule has 0 aliphatic carbocycles. The predicted octanol–water partition coefficient (Wildman–Crippen LogP) is 2.89. The maximum Gasteiger partial charge on any atom is 0.265 e. The summed E-state index contributed by atoms with van der Waals surface area (Å²) in [6, 6.07) is 7.42. The van der Waals surface area contributed by atoms with Gasteiger partial charge in [-0.05, 0) is 19.1 Å². The molecular weight excluding hydrogens is 326 g/mol. The highest BCUT2D eigenvalue weighted by Gasteiger charge is 2.24. The monoisotopic (exact) mass is 343 g/mol. The van der Waals surface area contributed by atoms with Gasteiger partial charge in [-0.3, -0.25) is 14.0 Å². The summed E-state index contributed by atoms with van der Waals surface area (Å²) < 4.78 is 7.11. The number of thiazole rings is 1. The Balaban J connectivity index is 2.26. The molecule has 2 aromatic heterocycles. The van der Waals surface area contributed by atoms with Crippen molar-refractivity contribution in [3.05, 3.63) is 40.5 Å². The molecule has 0 aliphatic rings. The molecule has 0 fully saturated rings. The van der Waals surface area contributed by atoms with E-state index in [9.17, 15) is 9.59 Å². The maximum atomic E-state index is 12.3. The second kappa shape index (κ2) is 6.09. The number of benzene rings is 1. The van der Waals surface area contributed by atoms with Gasteiger partial charge in [-0.1, -0.05) is 23.5 Å². The number of nitrogens with zero attached hydrogens (tertiary/aromatic N) is 3. The summed E-state index contributed by atoms with van der Waals surface area (Å²) >= 11 is 1.28. The Labute approximate surface area is 143 Å². The van der Waals surface area contributed by atoms with Crippen LogP contribution in [0.2, 0.25) is 0 Å². The van der Waals surface area contributed by atoms with E-state index in [2.05, 4.69) is 4.98 Å². The lowest BCUT2D eigenvalue weighted by Gasteiger charge is -2.09. The molecule has 2 heterocycles. The molecule has 0 radical (unpaired) electrons. The number of fused-ring (bicyclic) bond motifs is 1. The number of carbonyl (C=O) groups excluding carboxylic acids is 2. The van der Waals surface area contributed by atoms with Gasteiger partial charge in [0.25, 0.3) is 5.91 Å². The number of rotatable bonds is 4. The number of hydrogen-bond acceptors (Lipinski definition) is 5. The molecule has 124 valence electrons. The van der Waals surface area contributed by atoms with Crippen molar-refractivity contribution in [3.63, 3.8) is 0 Å². The zero-order valence-electron chi connectivity index (χ0n) is 13.9. The lowest BCUT2D eigenvalue weighted by molar-refractivity contribution is 0.0831. The van der Waals surface area contributed by atoms with E-state index < -0.39 is 0 Å². The molecule has 0 spiro atoms. The Kier molecular flexibility index (Phi) is 4.11. The molecule has 0 saturated heterocycles. The number of imidazole rings is 1. The Bertz CT molecular complexity index is 940. The SMILES string of the molecule is COc1ccccc1-c1nc2sc(C(=O)N(C)C)c(C)n2c1C=O. The second-order valence-corrected chi connectivity index (χ2v) is 6.48. The molecule has 1 amide bonds. The first kappa shape index (κ1) is 16.2. The largest absolute Gasteiger partial charge is 0.496 e. The highest BCUT2D eigenvalue weighted by Crippen LogP contribution is 2.34. The molecular formula is C17H17N3O3S. The van der Waals surface area contributed by atoms with Crippen LogP contribution in [0.25, 0.3) is 16.2 Å². The van der Waals surface area contributed by atoms with E-state index in [1.54, 1.807) is 25.6 Å². The molecule has 3 rings (SSSR count). The van der Waals surface area contributed by atoms with Crippen molar-refractivity contribution >= 4 is 28.5 Å². The highest BCUT2D eigenvalue weighted by atomic mass is 32.1. The van der Waals surface area contributed by atoms with Crippen LogP contribution < -0.4 is 4.74 Å².